The molecule has 2 aromatic heterocycles. The number of allylic oxidation sites excluding steroid dienone is 1. The van der Waals surface area contributed by atoms with E-state index < -0.39 is 17.3 Å². The van der Waals surface area contributed by atoms with Crippen LogP contribution in [0.2, 0.25) is 0 Å². The zero-order valence-electron chi connectivity index (χ0n) is 17.1. The van der Waals surface area contributed by atoms with Crippen molar-refractivity contribution in [1.82, 2.24) is 19.9 Å². The second-order valence-corrected chi connectivity index (χ2v) is 8.21. The van der Waals surface area contributed by atoms with Gasteiger partial charge in [0.15, 0.2) is 5.82 Å². The number of rotatable bonds is 8. The molecule has 0 unspecified atom stereocenters. The van der Waals surface area contributed by atoms with E-state index in [-0.39, 0.29) is 18.0 Å². The number of nitrogens with one attached hydrogen (secondary N) is 1. The summed E-state index contributed by atoms with van der Waals surface area (Å²) in [5, 5.41) is 11.1. The molecular formula is C20H20F3N5O2S. The van der Waals surface area contributed by atoms with E-state index in [1.54, 1.807) is 18.6 Å². The highest BCUT2D eigenvalue weighted by molar-refractivity contribution is 7.99. The number of halogens is 3. The van der Waals surface area contributed by atoms with Crippen molar-refractivity contribution in [2.45, 2.75) is 36.3 Å². The Hall–Kier alpha value is -3.00. The quantitative estimate of drug-likeness (QED) is 0.485. The third kappa shape index (κ3) is 4.39. The van der Waals surface area contributed by atoms with Gasteiger partial charge in [-0.15, -0.1) is 11.8 Å². The second kappa shape index (κ2) is 8.63. The molecule has 0 aliphatic heterocycles. The lowest BCUT2D eigenvalue weighted by Crippen LogP contribution is -2.24. The highest BCUT2D eigenvalue weighted by atomic mass is 32.2. The number of carbonyl (C=O) groups excluding carboxylic acids is 1. The fourth-order valence-corrected chi connectivity index (χ4v) is 3.99. The SMILES string of the molecule is CCSc1cc(C2(C#N)CC2)cnc1-c1nc(/C=C(\NC=O)C(F)(F)F)c(OC)n1C. The van der Waals surface area contributed by atoms with Gasteiger partial charge in [0.1, 0.15) is 17.1 Å². The number of methoxy groups -OCH3 is 1. The van der Waals surface area contributed by atoms with Gasteiger partial charge in [0, 0.05) is 18.1 Å². The van der Waals surface area contributed by atoms with Gasteiger partial charge in [-0.25, -0.2) is 4.98 Å². The molecule has 1 saturated carbocycles. The monoisotopic (exact) mass is 451 g/mol. The van der Waals surface area contributed by atoms with Gasteiger partial charge in [-0.2, -0.15) is 18.4 Å². The van der Waals surface area contributed by atoms with Crippen molar-refractivity contribution in [1.29, 1.82) is 5.26 Å². The van der Waals surface area contributed by atoms with Gasteiger partial charge in [0.25, 0.3) is 0 Å². The van der Waals surface area contributed by atoms with Gasteiger partial charge >= 0.3 is 6.18 Å². The lowest BCUT2D eigenvalue weighted by atomic mass is 9.99. The number of amides is 1. The molecule has 1 fully saturated rings. The molecule has 31 heavy (non-hydrogen) atoms. The maximum absolute atomic E-state index is 13.2. The van der Waals surface area contributed by atoms with E-state index in [0.717, 1.165) is 29.1 Å². The summed E-state index contributed by atoms with van der Waals surface area (Å²) in [4.78, 5) is 20.2. The molecule has 0 radical (unpaired) electrons. The molecule has 0 saturated heterocycles. The molecule has 2 heterocycles. The van der Waals surface area contributed by atoms with E-state index >= 15 is 0 Å². The van der Waals surface area contributed by atoms with E-state index in [1.165, 1.54) is 23.4 Å². The Balaban J connectivity index is 2.14. The molecule has 164 valence electrons. The standard InChI is InChI=1S/C20H20F3N5O2S/c1-4-31-14-7-12(19(10-24)5-6-19)9-25-16(14)17-27-13(18(30-3)28(17)2)8-15(26-11-29)20(21,22)23/h7-9,11H,4-6H2,1-3H3,(H,26,29)/b15-8-. The molecule has 11 heteroatoms. The number of imidazole rings is 1. The molecule has 0 aromatic carbocycles. The molecule has 7 nitrogen and oxygen atoms in total. The lowest BCUT2D eigenvalue weighted by molar-refractivity contribution is -0.116. The molecule has 1 aliphatic rings. The summed E-state index contributed by atoms with van der Waals surface area (Å²) in [6, 6.07) is 4.24. The number of nitriles is 1. The topological polar surface area (TPSA) is 92.8 Å². The molecule has 0 spiro atoms. The van der Waals surface area contributed by atoms with Crippen molar-refractivity contribution in [3.8, 4) is 23.5 Å². The first kappa shape index (κ1) is 22.7. The highest BCUT2D eigenvalue weighted by Gasteiger charge is 2.45. The number of hydrogen-bond donors (Lipinski definition) is 1. The Kier molecular flexibility index (Phi) is 6.31. The minimum Gasteiger partial charge on any atom is -0.481 e. The summed E-state index contributed by atoms with van der Waals surface area (Å²) in [6.45, 7) is 1.96. The molecular weight excluding hydrogens is 431 g/mol. The van der Waals surface area contributed by atoms with Crippen LogP contribution in [0.3, 0.4) is 0 Å². The van der Waals surface area contributed by atoms with Crippen molar-refractivity contribution in [3.05, 3.63) is 29.2 Å². The van der Waals surface area contributed by atoms with Crippen LogP contribution >= 0.6 is 11.8 Å². The van der Waals surface area contributed by atoms with Crippen LogP contribution in [0.4, 0.5) is 13.2 Å². The molecule has 1 N–H and O–H groups in total. The van der Waals surface area contributed by atoms with Crippen LogP contribution in [0, 0.1) is 11.3 Å². The normalized spacial score (nSPS) is 15.3. The molecule has 2 aromatic rings. The maximum atomic E-state index is 13.2. The Labute approximate surface area is 181 Å². The minimum absolute atomic E-state index is 0.0468. The van der Waals surface area contributed by atoms with Crippen LogP contribution < -0.4 is 10.1 Å². The Morgan fingerprint density at radius 3 is 2.71 bits per heavy atom. The number of carbonyl (C=O) groups is 1. The van der Waals surface area contributed by atoms with E-state index in [0.29, 0.717) is 17.6 Å². The summed E-state index contributed by atoms with van der Waals surface area (Å²) < 4.78 is 46.4. The van der Waals surface area contributed by atoms with E-state index in [2.05, 4.69) is 16.0 Å². The number of alkyl halides is 3. The lowest BCUT2D eigenvalue weighted by Gasteiger charge is -2.12. The van der Waals surface area contributed by atoms with E-state index in [1.807, 2.05) is 13.0 Å². The minimum atomic E-state index is -4.78. The third-order valence-corrected chi connectivity index (χ3v) is 5.85. The van der Waals surface area contributed by atoms with Crippen molar-refractivity contribution in [2.24, 2.45) is 7.05 Å². The Morgan fingerprint density at radius 2 is 2.19 bits per heavy atom. The fraction of sp³-hybridized carbons (Fsp3) is 0.400. The number of nitrogens with zero attached hydrogens (tertiary/aromatic N) is 4. The number of hydrogen-bond acceptors (Lipinski definition) is 6. The molecule has 0 bridgehead atoms. The average molecular weight is 451 g/mol. The molecule has 1 aliphatic carbocycles. The predicted molar refractivity (Wildman–Crippen MR) is 109 cm³/mol. The van der Waals surface area contributed by atoms with Crippen LogP contribution in [0.1, 0.15) is 31.0 Å². The third-order valence-electron chi connectivity index (χ3n) is 4.94. The first-order chi connectivity index (χ1) is 14.7. The van der Waals surface area contributed by atoms with Crippen LogP contribution in [0.25, 0.3) is 17.6 Å². The van der Waals surface area contributed by atoms with Gasteiger partial charge in [0.05, 0.1) is 18.6 Å². The summed E-state index contributed by atoms with van der Waals surface area (Å²) in [7, 11) is 2.92. The molecule has 3 rings (SSSR count). The number of aromatic nitrogens is 3. The van der Waals surface area contributed by atoms with E-state index in [9.17, 15) is 23.2 Å². The smallest absolute Gasteiger partial charge is 0.431 e. The Morgan fingerprint density at radius 1 is 1.48 bits per heavy atom. The van der Waals surface area contributed by atoms with Crippen molar-refractivity contribution in [2.75, 3.05) is 12.9 Å². The highest BCUT2D eigenvalue weighted by Crippen LogP contribution is 2.48. The predicted octanol–water partition coefficient (Wildman–Crippen LogP) is 3.81. The zero-order valence-corrected chi connectivity index (χ0v) is 17.9. The van der Waals surface area contributed by atoms with Gasteiger partial charge < -0.3 is 10.1 Å². The maximum Gasteiger partial charge on any atom is 0.431 e. The number of ether oxygens (including phenoxy) is 1. The van der Waals surface area contributed by atoms with Crippen LogP contribution in [-0.2, 0) is 17.3 Å². The van der Waals surface area contributed by atoms with Crippen LogP contribution in [0.5, 0.6) is 5.88 Å². The van der Waals surface area contributed by atoms with Crippen LogP contribution in [-0.4, -0.2) is 40.0 Å². The first-order valence-electron chi connectivity index (χ1n) is 9.35. The summed E-state index contributed by atoms with van der Waals surface area (Å²) >= 11 is 1.50. The fourth-order valence-electron chi connectivity index (χ4n) is 3.19. The van der Waals surface area contributed by atoms with Gasteiger partial charge in [-0.1, -0.05) is 6.92 Å². The number of thioether (sulfide) groups is 1. The summed E-state index contributed by atoms with van der Waals surface area (Å²) in [5.41, 5.74) is -0.575. The molecule has 0 atom stereocenters. The van der Waals surface area contributed by atoms with Crippen molar-refractivity contribution < 1.29 is 22.7 Å². The van der Waals surface area contributed by atoms with Crippen molar-refractivity contribution in [3.63, 3.8) is 0 Å². The van der Waals surface area contributed by atoms with Gasteiger partial charge in [-0.3, -0.25) is 14.3 Å². The Bertz CT molecular complexity index is 1070. The van der Waals surface area contributed by atoms with Crippen LogP contribution in [0.15, 0.2) is 22.9 Å². The first-order valence-corrected chi connectivity index (χ1v) is 10.3. The average Bonchev–Trinajstić information content (AvgIpc) is 3.46. The summed E-state index contributed by atoms with van der Waals surface area (Å²) in [5.74, 6) is 1.12. The van der Waals surface area contributed by atoms with E-state index in [4.69, 9.17) is 4.74 Å². The van der Waals surface area contributed by atoms with Crippen molar-refractivity contribution >= 4 is 24.2 Å². The second-order valence-electron chi connectivity index (χ2n) is 6.90. The zero-order chi connectivity index (χ0) is 22.8. The largest absolute Gasteiger partial charge is 0.481 e. The van der Waals surface area contributed by atoms with Gasteiger partial charge in [-0.05, 0) is 36.3 Å². The number of pyridine rings is 1. The molecule has 1 amide bonds. The summed E-state index contributed by atoms with van der Waals surface area (Å²) in [6.07, 6.45) is -0.938. The van der Waals surface area contributed by atoms with Gasteiger partial charge in [0.2, 0.25) is 12.3 Å².